The summed E-state index contributed by atoms with van der Waals surface area (Å²) in [5.74, 6) is 0.846. The van der Waals surface area contributed by atoms with Crippen molar-refractivity contribution in [3.63, 3.8) is 0 Å². The molecule has 0 radical (unpaired) electrons. The Labute approximate surface area is 173 Å². The molecule has 4 aliphatic rings. The summed E-state index contributed by atoms with van der Waals surface area (Å²) in [6.07, 6.45) is 8.84. The third-order valence-electron chi connectivity index (χ3n) is 9.25. The van der Waals surface area contributed by atoms with Gasteiger partial charge >= 0.3 is 5.97 Å². The first kappa shape index (κ1) is 20.8. The summed E-state index contributed by atoms with van der Waals surface area (Å²) in [6.45, 7) is 5.61. The number of esters is 1. The van der Waals surface area contributed by atoms with Gasteiger partial charge in [-0.25, -0.2) is 0 Å². The molecule has 0 aromatic carbocycles. The number of ketones is 2. The highest BCUT2D eigenvalue weighted by Gasteiger charge is 2.68. The lowest BCUT2D eigenvalue weighted by Gasteiger charge is -2.59. The van der Waals surface area contributed by atoms with Gasteiger partial charge in [-0.15, -0.1) is 0 Å². The molecule has 5 nitrogen and oxygen atoms in total. The van der Waals surface area contributed by atoms with Crippen LogP contribution in [0.15, 0.2) is 11.6 Å². The zero-order chi connectivity index (χ0) is 21.0. The van der Waals surface area contributed by atoms with Crippen LogP contribution in [0.2, 0.25) is 0 Å². The first-order valence-electron chi connectivity index (χ1n) is 11.3. The summed E-state index contributed by atoms with van der Waals surface area (Å²) in [6, 6.07) is 0. The SMILES string of the molecule is CCC(=O)O[C@]1(C(=O)CO)CCC2[C@H]3CCC4=CC(=O)CC[C@]4(C)C3CC[C@@]21C. The zero-order valence-corrected chi connectivity index (χ0v) is 18.0. The van der Waals surface area contributed by atoms with Gasteiger partial charge in [0.25, 0.3) is 0 Å². The van der Waals surface area contributed by atoms with Crippen LogP contribution < -0.4 is 0 Å². The molecule has 5 heteroatoms. The molecule has 4 rings (SSSR count). The van der Waals surface area contributed by atoms with Gasteiger partial charge in [-0.3, -0.25) is 14.4 Å². The average molecular weight is 403 g/mol. The van der Waals surface area contributed by atoms with E-state index >= 15 is 0 Å². The van der Waals surface area contributed by atoms with Crippen molar-refractivity contribution >= 4 is 17.5 Å². The number of carbonyl (C=O) groups is 3. The lowest BCUT2D eigenvalue weighted by Crippen LogP contribution is -2.59. The standard InChI is InChI=1S/C24H34O5/c1-4-21(28)29-24(20(27)14-25)12-9-19-17-6-5-15-13-16(26)7-10-22(15,2)18(17)8-11-23(19,24)3/h13,17-19,25H,4-12,14H2,1-3H3/t17-,18?,19?,22-,23-,24-/m0/s1. The smallest absolute Gasteiger partial charge is 0.306 e. The summed E-state index contributed by atoms with van der Waals surface area (Å²) in [5, 5.41) is 9.72. The Morgan fingerprint density at radius 1 is 1.10 bits per heavy atom. The molecule has 4 aliphatic carbocycles. The molecule has 0 bridgehead atoms. The van der Waals surface area contributed by atoms with Gasteiger partial charge in [-0.2, -0.15) is 0 Å². The molecule has 2 unspecified atom stereocenters. The Bertz CT molecular complexity index is 769. The summed E-state index contributed by atoms with van der Waals surface area (Å²) < 4.78 is 5.89. The van der Waals surface area contributed by atoms with Gasteiger partial charge < -0.3 is 9.84 Å². The van der Waals surface area contributed by atoms with Gasteiger partial charge in [0.1, 0.15) is 6.61 Å². The van der Waals surface area contributed by atoms with E-state index in [1.165, 1.54) is 5.57 Å². The maximum Gasteiger partial charge on any atom is 0.306 e. The lowest BCUT2D eigenvalue weighted by molar-refractivity contribution is -0.191. The third-order valence-corrected chi connectivity index (χ3v) is 9.25. The first-order valence-corrected chi connectivity index (χ1v) is 11.3. The first-order chi connectivity index (χ1) is 13.7. The molecule has 0 saturated heterocycles. The van der Waals surface area contributed by atoms with Crippen LogP contribution in [0.3, 0.4) is 0 Å². The largest absolute Gasteiger partial charge is 0.450 e. The topological polar surface area (TPSA) is 80.7 Å². The quantitative estimate of drug-likeness (QED) is 0.724. The minimum Gasteiger partial charge on any atom is -0.450 e. The van der Waals surface area contributed by atoms with E-state index in [-0.39, 0.29) is 29.4 Å². The molecule has 1 N–H and O–H groups in total. The summed E-state index contributed by atoms with van der Waals surface area (Å²) in [7, 11) is 0. The fourth-order valence-corrected chi connectivity index (χ4v) is 7.63. The van der Waals surface area contributed by atoms with Crippen molar-refractivity contribution in [3.05, 3.63) is 11.6 Å². The number of ether oxygens (including phenoxy) is 1. The maximum atomic E-state index is 13.0. The van der Waals surface area contributed by atoms with Gasteiger partial charge in [0.05, 0.1) is 0 Å². The maximum absolute atomic E-state index is 13.0. The highest BCUT2D eigenvalue weighted by molar-refractivity contribution is 5.92. The van der Waals surface area contributed by atoms with Crippen molar-refractivity contribution in [2.45, 2.75) is 84.2 Å². The third kappa shape index (κ3) is 2.79. The normalized spacial score (nSPS) is 43.7. The second kappa shape index (κ2) is 7.04. The zero-order valence-electron chi connectivity index (χ0n) is 18.0. The number of rotatable bonds is 4. The average Bonchev–Trinajstić information content (AvgIpc) is 3.01. The van der Waals surface area contributed by atoms with Crippen LogP contribution in [-0.4, -0.2) is 34.9 Å². The number of hydrogen-bond donors (Lipinski definition) is 1. The number of aliphatic hydroxyl groups is 1. The second-order valence-electron chi connectivity index (χ2n) is 10.2. The molecule has 0 amide bonds. The lowest BCUT2D eigenvalue weighted by atomic mass is 9.46. The fraction of sp³-hybridized carbons (Fsp3) is 0.792. The van der Waals surface area contributed by atoms with Crippen LogP contribution in [0.5, 0.6) is 0 Å². The summed E-state index contributed by atoms with van der Waals surface area (Å²) in [4.78, 5) is 37.2. The van der Waals surface area contributed by atoms with Gasteiger partial charge in [0.15, 0.2) is 11.4 Å². The number of carbonyl (C=O) groups excluding carboxylic acids is 3. The van der Waals surface area contributed by atoms with E-state index < -0.39 is 17.6 Å². The van der Waals surface area contributed by atoms with Crippen molar-refractivity contribution in [1.29, 1.82) is 0 Å². The predicted molar refractivity (Wildman–Crippen MR) is 108 cm³/mol. The van der Waals surface area contributed by atoms with E-state index in [9.17, 15) is 19.5 Å². The summed E-state index contributed by atoms with van der Waals surface area (Å²) >= 11 is 0. The number of fused-ring (bicyclic) bond motifs is 5. The number of Topliss-reactive ketones (excluding diaryl/α,β-unsaturated/α-hetero) is 1. The Morgan fingerprint density at radius 2 is 1.83 bits per heavy atom. The molecular formula is C24H34O5. The van der Waals surface area contributed by atoms with Crippen LogP contribution >= 0.6 is 0 Å². The molecule has 29 heavy (non-hydrogen) atoms. The van der Waals surface area contributed by atoms with Crippen LogP contribution in [0.25, 0.3) is 0 Å². The van der Waals surface area contributed by atoms with Gasteiger partial charge in [-0.1, -0.05) is 26.3 Å². The van der Waals surface area contributed by atoms with E-state index in [1.807, 2.05) is 6.08 Å². The van der Waals surface area contributed by atoms with Crippen LogP contribution in [0.1, 0.15) is 78.6 Å². The molecule has 0 aromatic heterocycles. The molecule has 3 saturated carbocycles. The van der Waals surface area contributed by atoms with Crippen molar-refractivity contribution in [2.24, 2.45) is 28.6 Å². The fourth-order valence-electron chi connectivity index (χ4n) is 7.63. The molecular weight excluding hydrogens is 368 g/mol. The molecule has 6 atom stereocenters. The second-order valence-corrected chi connectivity index (χ2v) is 10.2. The minimum absolute atomic E-state index is 0.0739. The van der Waals surface area contributed by atoms with Crippen LogP contribution in [-0.2, 0) is 19.1 Å². The number of hydrogen-bond acceptors (Lipinski definition) is 5. The van der Waals surface area contributed by atoms with E-state index in [0.717, 1.165) is 38.5 Å². The molecule has 0 heterocycles. The van der Waals surface area contributed by atoms with Gasteiger partial charge in [0, 0.05) is 18.3 Å². The molecule has 0 aliphatic heterocycles. The summed E-state index contributed by atoms with van der Waals surface area (Å²) in [5.41, 5.74) is -0.221. The van der Waals surface area contributed by atoms with Crippen LogP contribution in [0, 0.1) is 28.6 Å². The van der Waals surface area contributed by atoms with Gasteiger partial charge in [0.2, 0.25) is 5.78 Å². The highest BCUT2D eigenvalue weighted by Crippen LogP contribution is 2.68. The highest BCUT2D eigenvalue weighted by atomic mass is 16.6. The van der Waals surface area contributed by atoms with Crippen molar-refractivity contribution in [2.75, 3.05) is 6.61 Å². The van der Waals surface area contributed by atoms with E-state index in [2.05, 4.69) is 13.8 Å². The molecule has 0 spiro atoms. The molecule has 0 aromatic rings. The Balaban J connectivity index is 1.69. The monoisotopic (exact) mass is 402 g/mol. The predicted octanol–water partition coefficient (Wildman–Crippen LogP) is 3.77. The Morgan fingerprint density at radius 3 is 2.52 bits per heavy atom. The number of allylic oxidation sites excluding steroid dienone is 1. The Kier molecular flexibility index (Phi) is 5.04. The van der Waals surface area contributed by atoms with E-state index in [0.29, 0.717) is 30.6 Å². The van der Waals surface area contributed by atoms with Crippen molar-refractivity contribution < 1.29 is 24.2 Å². The van der Waals surface area contributed by atoms with Crippen molar-refractivity contribution in [1.82, 2.24) is 0 Å². The van der Waals surface area contributed by atoms with Crippen molar-refractivity contribution in [3.8, 4) is 0 Å². The molecule has 3 fully saturated rings. The Hall–Kier alpha value is -1.49. The minimum atomic E-state index is -1.19. The van der Waals surface area contributed by atoms with E-state index in [1.54, 1.807) is 6.92 Å². The van der Waals surface area contributed by atoms with Gasteiger partial charge in [-0.05, 0) is 74.2 Å². The van der Waals surface area contributed by atoms with E-state index in [4.69, 9.17) is 4.74 Å². The number of aliphatic hydroxyl groups excluding tert-OH is 1. The molecule has 160 valence electrons. The van der Waals surface area contributed by atoms with Crippen LogP contribution in [0.4, 0.5) is 0 Å².